The molecule has 1 amide bonds. The zero-order valence-corrected chi connectivity index (χ0v) is 11.1. The molecule has 100 valence electrons. The highest BCUT2D eigenvalue weighted by molar-refractivity contribution is 5.73. The van der Waals surface area contributed by atoms with Crippen LogP contribution in [-0.2, 0) is 14.3 Å². The smallest absolute Gasteiger partial charge is 0.219 e. The predicted octanol–water partition coefficient (Wildman–Crippen LogP) is 1.83. The number of piperidine rings is 1. The maximum atomic E-state index is 11.1. The maximum Gasteiger partial charge on any atom is 0.219 e. The zero-order chi connectivity index (χ0) is 12.5. The summed E-state index contributed by atoms with van der Waals surface area (Å²) in [6, 6.07) is 0. The number of unbranched alkanes of at least 4 members (excludes halogenated alkanes) is 1. The van der Waals surface area contributed by atoms with Crippen LogP contribution < -0.4 is 0 Å². The minimum Gasteiger partial charge on any atom is -0.379 e. The molecular weight excluding hydrogens is 218 g/mol. The molecule has 4 nitrogen and oxygen atoms in total. The number of hydrogen-bond donors (Lipinski definition) is 0. The van der Waals surface area contributed by atoms with Crippen molar-refractivity contribution in [3.05, 3.63) is 0 Å². The molecular formula is C13H25NO3. The van der Waals surface area contributed by atoms with Crippen LogP contribution in [-0.4, -0.2) is 49.8 Å². The largest absolute Gasteiger partial charge is 0.379 e. The minimum absolute atomic E-state index is 0.173. The Morgan fingerprint density at radius 3 is 2.53 bits per heavy atom. The van der Waals surface area contributed by atoms with E-state index in [1.54, 1.807) is 6.92 Å². The second-order valence-electron chi connectivity index (χ2n) is 4.54. The van der Waals surface area contributed by atoms with Gasteiger partial charge in [-0.05, 0) is 19.3 Å². The summed E-state index contributed by atoms with van der Waals surface area (Å²) >= 11 is 0. The van der Waals surface area contributed by atoms with Crippen molar-refractivity contribution in [3.8, 4) is 0 Å². The molecule has 17 heavy (non-hydrogen) atoms. The fraction of sp³-hybridized carbons (Fsp3) is 0.923. The van der Waals surface area contributed by atoms with E-state index >= 15 is 0 Å². The highest BCUT2D eigenvalue weighted by Gasteiger charge is 2.20. The molecule has 0 aromatic heterocycles. The lowest BCUT2D eigenvalue weighted by atomic mass is 10.1. The molecule has 1 fully saturated rings. The number of rotatable bonds is 7. The number of amides is 1. The highest BCUT2D eigenvalue weighted by Crippen LogP contribution is 2.13. The molecule has 4 heteroatoms. The summed E-state index contributed by atoms with van der Waals surface area (Å²) in [5.74, 6) is 0.173. The third-order valence-corrected chi connectivity index (χ3v) is 3.11. The van der Waals surface area contributed by atoms with E-state index in [1.165, 1.54) is 6.42 Å². The number of hydrogen-bond acceptors (Lipinski definition) is 3. The Hall–Kier alpha value is -0.610. The maximum absolute atomic E-state index is 11.1. The van der Waals surface area contributed by atoms with Gasteiger partial charge in [-0.2, -0.15) is 0 Å². The van der Waals surface area contributed by atoms with E-state index in [1.807, 2.05) is 4.90 Å². The normalized spacial score (nSPS) is 17.4. The molecule has 0 aromatic rings. The van der Waals surface area contributed by atoms with Crippen molar-refractivity contribution in [2.45, 2.75) is 45.6 Å². The van der Waals surface area contributed by atoms with E-state index in [9.17, 15) is 4.79 Å². The van der Waals surface area contributed by atoms with Crippen LogP contribution in [0.1, 0.15) is 39.5 Å². The van der Waals surface area contributed by atoms with Crippen molar-refractivity contribution in [2.24, 2.45) is 0 Å². The Labute approximate surface area is 104 Å². The van der Waals surface area contributed by atoms with Gasteiger partial charge >= 0.3 is 0 Å². The molecule has 0 aromatic carbocycles. The van der Waals surface area contributed by atoms with Gasteiger partial charge in [0.1, 0.15) is 0 Å². The van der Waals surface area contributed by atoms with Crippen molar-refractivity contribution < 1.29 is 14.3 Å². The first-order chi connectivity index (χ1) is 8.24. The Bertz CT molecular complexity index is 213. The van der Waals surface area contributed by atoms with Crippen molar-refractivity contribution in [1.29, 1.82) is 0 Å². The van der Waals surface area contributed by atoms with E-state index in [2.05, 4.69) is 6.92 Å². The molecule has 0 atom stereocenters. The Morgan fingerprint density at radius 2 is 1.94 bits per heavy atom. The average molecular weight is 243 g/mol. The third-order valence-electron chi connectivity index (χ3n) is 3.11. The topological polar surface area (TPSA) is 38.8 Å². The fourth-order valence-electron chi connectivity index (χ4n) is 1.96. The van der Waals surface area contributed by atoms with Gasteiger partial charge < -0.3 is 14.4 Å². The standard InChI is InChI=1S/C13H25NO3/c1-3-4-9-16-10-11-17-13-5-7-14(8-6-13)12(2)15/h13H,3-11H2,1-2H3. The molecule has 0 aliphatic carbocycles. The fourth-order valence-corrected chi connectivity index (χ4v) is 1.96. The van der Waals surface area contributed by atoms with Gasteiger partial charge in [0.25, 0.3) is 0 Å². The van der Waals surface area contributed by atoms with Crippen molar-refractivity contribution >= 4 is 5.91 Å². The number of ether oxygens (including phenoxy) is 2. The highest BCUT2D eigenvalue weighted by atomic mass is 16.5. The summed E-state index contributed by atoms with van der Waals surface area (Å²) < 4.78 is 11.2. The molecule has 0 bridgehead atoms. The molecule has 1 aliphatic heterocycles. The summed E-state index contributed by atoms with van der Waals surface area (Å²) in [6.45, 7) is 7.64. The summed E-state index contributed by atoms with van der Waals surface area (Å²) in [6.07, 6.45) is 4.50. The summed E-state index contributed by atoms with van der Waals surface area (Å²) in [5, 5.41) is 0. The second-order valence-corrected chi connectivity index (χ2v) is 4.54. The summed E-state index contributed by atoms with van der Waals surface area (Å²) in [5.41, 5.74) is 0. The van der Waals surface area contributed by atoms with Crippen LogP contribution in [0.15, 0.2) is 0 Å². The van der Waals surface area contributed by atoms with Gasteiger partial charge in [-0.15, -0.1) is 0 Å². The van der Waals surface area contributed by atoms with E-state index in [4.69, 9.17) is 9.47 Å². The summed E-state index contributed by atoms with van der Waals surface area (Å²) in [4.78, 5) is 13.0. The molecule has 0 spiro atoms. The lowest BCUT2D eigenvalue weighted by Gasteiger charge is -2.31. The molecule has 0 unspecified atom stereocenters. The first kappa shape index (κ1) is 14.5. The van der Waals surface area contributed by atoms with E-state index in [0.29, 0.717) is 19.3 Å². The molecule has 1 heterocycles. The first-order valence-electron chi connectivity index (χ1n) is 6.69. The van der Waals surface area contributed by atoms with Crippen LogP contribution in [0.25, 0.3) is 0 Å². The van der Waals surface area contributed by atoms with Crippen molar-refractivity contribution in [1.82, 2.24) is 4.90 Å². The molecule has 1 rings (SSSR count). The molecule has 1 saturated heterocycles. The van der Waals surface area contributed by atoms with E-state index in [0.717, 1.165) is 39.0 Å². The van der Waals surface area contributed by atoms with Crippen LogP contribution in [0.3, 0.4) is 0 Å². The van der Waals surface area contributed by atoms with Gasteiger partial charge in [-0.1, -0.05) is 13.3 Å². The van der Waals surface area contributed by atoms with Gasteiger partial charge in [0.2, 0.25) is 5.91 Å². The van der Waals surface area contributed by atoms with Crippen LogP contribution in [0.2, 0.25) is 0 Å². The zero-order valence-electron chi connectivity index (χ0n) is 11.1. The Balaban J connectivity index is 1.97. The van der Waals surface area contributed by atoms with Gasteiger partial charge in [-0.3, -0.25) is 4.79 Å². The number of nitrogens with zero attached hydrogens (tertiary/aromatic N) is 1. The van der Waals surface area contributed by atoms with Gasteiger partial charge in [0.15, 0.2) is 0 Å². The predicted molar refractivity (Wildman–Crippen MR) is 67.0 cm³/mol. The average Bonchev–Trinajstić information content (AvgIpc) is 2.34. The SMILES string of the molecule is CCCCOCCOC1CCN(C(C)=O)CC1. The number of carbonyl (C=O) groups is 1. The van der Waals surface area contributed by atoms with Gasteiger partial charge in [-0.25, -0.2) is 0 Å². The molecule has 1 aliphatic rings. The van der Waals surface area contributed by atoms with E-state index in [-0.39, 0.29) is 5.91 Å². The third kappa shape index (κ3) is 6.03. The van der Waals surface area contributed by atoms with Crippen LogP contribution >= 0.6 is 0 Å². The van der Waals surface area contributed by atoms with E-state index < -0.39 is 0 Å². The first-order valence-corrected chi connectivity index (χ1v) is 6.69. The molecule has 0 radical (unpaired) electrons. The lowest BCUT2D eigenvalue weighted by molar-refractivity contribution is -0.131. The Morgan fingerprint density at radius 1 is 1.24 bits per heavy atom. The second kappa shape index (κ2) is 8.48. The minimum atomic E-state index is 0.173. The Kier molecular flexibility index (Phi) is 7.21. The number of carbonyl (C=O) groups excluding carboxylic acids is 1. The quantitative estimate of drug-likeness (QED) is 0.640. The van der Waals surface area contributed by atoms with Crippen molar-refractivity contribution in [2.75, 3.05) is 32.9 Å². The van der Waals surface area contributed by atoms with Crippen LogP contribution in [0, 0.1) is 0 Å². The van der Waals surface area contributed by atoms with Gasteiger partial charge in [0.05, 0.1) is 19.3 Å². The van der Waals surface area contributed by atoms with Gasteiger partial charge in [0, 0.05) is 26.6 Å². The lowest BCUT2D eigenvalue weighted by Crippen LogP contribution is -2.39. The van der Waals surface area contributed by atoms with Crippen molar-refractivity contribution in [3.63, 3.8) is 0 Å². The van der Waals surface area contributed by atoms with Crippen LogP contribution in [0.5, 0.6) is 0 Å². The number of likely N-dealkylation sites (tertiary alicyclic amines) is 1. The van der Waals surface area contributed by atoms with Crippen LogP contribution in [0.4, 0.5) is 0 Å². The monoisotopic (exact) mass is 243 g/mol. The summed E-state index contributed by atoms with van der Waals surface area (Å²) in [7, 11) is 0. The molecule has 0 saturated carbocycles. The molecule has 0 N–H and O–H groups in total.